The number of aliphatic hydroxyl groups excluding tert-OH is 1. The lowest BCUT2D eigenvalue weighted by molar-refractivity contribution is -0.0159. The Hall–Kier alpha value is -1.35. The van der Waals surface area contributed by atoms with Crippen LogP contribution in [-0.4, -0.2) is 29.3 Å². The monoisotopic (exact) mass is 329 g/mol. The average molecular weight is 330 g/mol. The number of rotatable bonds is 5. The van der Waals surface area contributed by atoms with Crippen molar-refractivity contribution in [1.29, 1.82) is 0 Å². The number of benzene rings is 2. The summed E-state index contributed by atoms with van der Waals surface area (Å²) in [7, 11) is 0. The van der Waals surface area contributed by atoms with E-state index in [2.05, 4.69) is 35.2 Å². The van der Waals surface area contributed by atoms with E-state index in [4.69, 9.17) is 11.6 Å². The predicted octanol–water partition coefficient (Wildman–Crippen LogP) is 4.16. The zero-order chi connectivity index (χ0) is 16.1. The van der Waals surface area contributed by atoms with Crippen LogP contribution in [0.1, 0.15) is 24.0 Å². The maximum atomic E-state index is 10.5. The minimum atomic E-state index is -0.395. The van der Waals surface area contributed by atoms with Crippen LogP contribution in [0.3, 0.4) is 0 Å². The van der Waals surface area contributed by atoms with Crippen LogP contribution >= 0.6 is 11.6 Å². The maximum Gasteiger partial charge on any atom is 0.111 e. The molecule has 122 valence electrons. The lowest BCUT2D eigenvalue weighted by atomic mass is 9.90. The van der Waals surface area contributed by atoms with Gasteiger partial charge in [0.25, 0.3) is 0 Å². The van der Waals surface area contributed by atoms with Crippen molar-refractivity contribution in [2.75, 3.05) is 13.1 Å². The quantitative estimate of drug-likeness (QED) is 0.890. The molecule has 1 atom stereocenters. The highest BCUT2D eigenvalue weighted by molar-refractivity contribution is 6.30. The molecule has 3 heteroatoms. The Bertz CT molecular complexity index is 591. The van der Waals surface area contributed by atoms with Gasteiger partial charge < -0.3 is 5.11 Å². The molecule has 1 fully saturated rings. The SMILES string of the molecule is OC(Cc1ccc(Cl)cc1)N1CCC(Cc2ccccc2)CC1. The molecule has 1 saturated heterocycles. The minimum absolute atomic E-state index is 0.395. The molecular formula is C20H24ClNO. The maximum absolute atomic E-state index is 10.5. The summed E-state index contributed by atoms with van der Waals surface area (Å²) < 4.78 is 0. The van der Waals surface area contributed by atoms with Crippen LogP contribution in [0.25, 0.3) is 0 Å². The fraction of sp³-hybridized carbons (Fsp3) is 0.400. The van der Waals surface area contributed by atoms with Crippen molar-refractivity contribution in [2.45, 2.75) is 31.9 Å². The van der Waals surface area contributed by atoms with Crippen molar-refractivity contribution in [1.82, 2.24) is 4.90 Å². The molecule has 0 saturated carbocycles. The summed E-state index contributed by atoms with van der Waals surface area (Å²) in [6.07, 6.45) is 3.75. The number of likely N-dealkylation sites (tertiary alicyclic amines) is 1. The van der Waals surface area contributed by atoms with E-state index in [9.17, 15) is 5.11 Å². The fourth-order valence-corrected chi connectivity index (χ4v) is 3.49. The van der Waals surface area contributed by atoms with Crippen LogP contribution in [-0.2, 0) is 12.8 Å². The molecule has 2 aromatic carbocycles. The van der Waals surface area contributed by atoms with Crippen molar-refractivity contribution in [3.05, 3.63) is 70.7 Å². The normalized spacial score (nSPS) is 18.0. The predicted molar refractivity (Wildman–Crippen MR) is 95.6 cm³/mol. The number of nitrogens with zero attached hydrogens (tertiary/aromatic N) is 1. The van der Waals surface area contributed by atoms with Gasteiger partial charge in [0.1, 0.15) is 6.23 Å². The van der Waals surface area contributed by atoms with Gasteiger partial charge in [-0.1, -0.05) is 54.1 Å². The van der Waals surface area contributed by atoms with E-state index in [1.807, 2.05) is 24.3 Å². The van der Waals surface area contributed by atoms with Gasteiger partial charge in [-0.15, -0.1) is 0 Å². The van der Waals surface area contributed by atoms with Crippen LogP contribution in [0.2, 0.25) is 5.02 Å². The molecule has 3 rings (SSSR count). The zero-order valence-corrected chi connectivity index (χ0v) is 14.1. The smallest absolute Gasteiger partial charge is 0.111 e. The second kappa shape index (κ2) is 7.96. The molecule has 0 aromatic heterocycles. The first kappa shape index (κ1) is 16.5. The standard InChI is InChI=1S/C20H24ClNO/c21-19-8-6-17(7-9-19)15-20(23)22-12-10-18(11-13-22)14-16-4-2-1-3-5-16/h1-9,18,20,23H,10-15H2. The molecule has 2 aromatic rings. The Morgan fingerprint density at radius 1 is 0.957 bits per heavy atom. The summed E-state index contributed by atoms with van der Waals surface area (Å²) >= 11 is 5.91. The number of halogens is 1. The number of piperidine rings is 1. The summed E-state index contributed by atoms with van der Waals surface area (Å²) in [6.45, 7) is 1.96. The molecule has 1 aliphatic rings. The van der Waals surface area contributed by atoms with Crippen molar-refractivity contribution in [2.24, 2.45) is 5.92 Å². The summed E-state index contributed by atoms with van der Waals surface area (Å²) in [4.78, 5) is 2.20. The van der Waals surface area contributed by atoms with Crippen LogP contribution in [0.15, 0.2) is 54.6 Å². The molecule has 2 nitrogen and oxygen atoms in total. The second-order valence-corrected chi connectivity index (χ2v) is 6.92. The highest BCUT2D eigenvalue weighted by Gasteiger charge is 2.23. The van der Waals surface area contributed by atoms with E-state index in [0.717, 1.165) is 48.9 Å². The van der Waals surface area contributed by atoms with E-state index >= 15 is 0 Å². The minimum Gasteiger partial charge on any atom is -0.378 e. The van der Waals surface area contributed by atoms with Gasteiger partial charge >= 0.3 is 0 Å². The number of aliphatic hydroxyl groups is 1. The molecule has 0 bridgehead atoms. The molecule has 0 aliphatic carbocycles. The topological polar surface area (TPSA) is 23.5 Å². The van der Waals surface area contributed by atoms with Crippen LogP contribution in [0.4, 0.5) is 0 Å². The Labute approximate surface area is 143 Å². The summed E-state index contributed by atoms with van der Waals surface area (Å²) in [5, 5.41) is 11.2. The molecule has 1 aliphatic heterocycles. The highest BCUT2D eigenvalue weighted by Crippen LogP contribution is 2.23. The van der Waals surface area contributed by atoms with Crippen LogP contribution in [0.5, 0.6) is 0 Å². The number of hydrogen-bond acceptors (Lipinski definition) is 2. The first-order chi connectivity index (χ1) is 11.2. The summed E-state index contributed by atoms with van der Waals surface area (Å²) in [5.41, 5.74) is 2.56. The Morgan fingerprint density at radius 3 is 2.26 bits per heavy atom. The second-order valence-electron chi connectivity index (χ2n) is 6.48. The van der Waals surface area contributed by atoms with Gasteiger partial charge in [-0.3, -0.25) is 4.90 Å². The Morgan fingerprint density at radius 2 is 1.61 bits per heavy atom. The van der Waals surface area contributed by atoms with Crippen molar-refractivity contribution < 1.29 is 5.11 Å². The summed E-state index contributed by atoms with van der Waals surface area (Å²) in [6, 6.07) is 18.5. The Balaban J connectivity index is 1.47. The lowest BCUT2D eigenvalue weighted by Gasteiger charge is -2.35. The lowest BCUT2D eigenvalue weighted by Crippen LogP contribution is -2.42. The molecular weight excluding hydrogens is 306 g/mol. The first-order valence-corrected chi connectivity index (χ1v) is 8.79. The average Bonchev–Trinajstić information content (AvgIpc) is 2.58. The van der Waals surface area contributed by atoms with Gasteiger partial charge in [0.05, 0.1) is 0 Å². The molecule has 0 radical (unpaired) electrons. The van der Waals surface area contributed by atoms with Crippen molar-refractivity contribution >= 4 is 11.6 Å². The van der Waals surface area contributed by atoms with Gasteiger partial charge in [0.2, 0.25) is 0 Å². The van der Waals surface area contributed by atoms with Crippen LogP contribution < -0.4 is 0 Å². The van der Waals surface area contributed by atoms with E-state index in [-0.39, 0.29) is 0 Å². The molecule has 23 heavy (non-hydrogen) atoms. The largest absolute Gasteiger partial charge is 0.378 e. The molecule has 0 amide bonds. The zero-order valence-electron chi connectivity index (χ0n) is 13.4. The third-order valence-corrected chi connectivity index (χ3v) is 5.02. The Kier molecular flexibility index (Phi) is 5.71. The van der Waals surface area contributed by atoms with E-state index in [1.54, 1.807) is 0 Å². The highest BCUT2D eigenvalue weighted by atomic mass is 35.5. The van der Waals surface area contributed by atoms with Gasteiger partial charge in [0, 0.05) is 24.5 Å². The van der Waals surface area contributed by atoms with E-state index in [0.29, 0.717) is 6.42 Å². The third-order valence-electron chi connectivity index (χ3n) is 4.77. The third kappa shape index (κ3) is 4.81. The van der Waals surface area contributed by atoms with Gasteiger partial charge in [-0.2, -0.15) is 0 Å². The first-order valence-electron chi connectivity index (χ1n) is 8.41. The molecule has 1 N–H and O–H groups in total. The van der Waals surface area contributed by atoms with Crippen LogP contribution in [0, 0.1) is 5.92 Å². The van der Waals surface area contributed by atoms with Gasteiger partial charge in [0.15, 0.2) is 0 Å². The van der Waals surface area contributed by atoms with Crippen molar-refractivity contribution in [3.8, 4) is 0 Å². The fourth-order valence-electron chi connectivity index (χ4n) is 3.36. The number of hydrogen-bond donors (Lipinski definition) is 1. The van der Waals surface area contributed by atoms with Gasteiger partial charge in [-0.05, 0) is 48.4 Å². The molecule has 0 spiro atoms. The van der Waals surface area contributed by atoms with E-state index < -0.39 is 6.23 Å². The van der Waals surface area contributed by atoms with E-state index in [1.165, 1.54) is 5.56 Å². The summed E-state index contributed by atoms with van der Waals surface area (Å²) in [5.74, 6) is 0.733. The van der Waals surface area contributed by atoms with Crippen molar-refractivity contribution in [3.63, 3.8) is 0 Å². The molecule has 1 unspecified atom stereocenters. The van der Waals surface area contributed by atoms with Gasteiger partial charge in [-0.25, -0.2) is 0 Å². The molecule has 1 heterocycles.